The standard InChI is InChI=1S/C23H27N5O4/c1-26-15-24-19-12-18(16-2-4-17(5-3-16)27-8-10-32-11-9-27)25-21(20(19)22(26)30)28-7-6-23(31,13-28)14-29/h2-5,12,15,29,31H,6-11,13-14H2,1H3. The fourth-order valence-electron chi connectivity index (χ4n) is 4.41. The molecule has 2 aliphatic rings. The van der Waals surface area contributed by atoms with Gasteiger partial charge in [0.25, 0.3) is 5.56 Å². The number of hydrogen-bond acceptors (Lipinski definition) is 8. The zero-order valence-corrected chi connectivity index (χ0v) is 18.1. The molecule has 2 fully saturated rings. The van der Waals surface area contributed by atoms with Crippen molar-refractivity contribution in [2.75, 3.05) is 55.8 Å². The molecule has 0 radical (unpaired) electrons. The molecule has 2 saturated heterocycles. The number of aryl methyl sites for hydroxylation is 1. The smallest absolute Gasteiger partial charge is 0.264 e. The average Bonchev–Trinajstić information content (AvgIpc) is 3.24. The van der Waals surface area contributed by atoms with E-state index in [1.807, 2.05) is 23.1 Å². The SMILES string of the molecule is Cn1cnc2cc(-c3ccc(N4CCOCC4)cc3)nc(N3CCC(O)(CO)C3)c2c1=O. The highest BCUT2D eigenvalue weighted by atomic mass is 16.5. The van der Waals surface area contributed by atoms with Crippen LogP contribution in [0.5, 0.6) is 0 Å². The Kier molecular flexibility index (Phi) is 5.32. The summed E-state index contributed by atoms with van der Waals surface area (Å²) in [5.41, 5.74) is 1.94. The van der Waals surface area contributed by atoms with E-state index in [2.05, 4.69) is 22.0 Å². The van der Waals surface area contributed by atoms with Gasteiger partial charge in [-0.2, -0.15) is 0 Å². The van der Waals surface area contributed by atoms with Gasteiger partial charge in [0.15, 0.2) is 0 Å². The Morgan fingerprint density at radius 2 is 1.88 bits per heavy atom. The highest BCUT2D eigenvalue weighted by Gasteiger charge is 2.37. The number of ether oxygens (including phenoxy) is 1. The van der Waals surface area contributed by atoms with Crippen LogP contribution in [-0.4, -0.2) is 76.3 Å². The number of rotatable bonds is 4. The maximum Gasteiger partial charge on any atom is 0.264 e. The molecular weight excluding hydrogens is 410 g/mol. The molecule has 1 atom stereocenters. The number of aromatic nitrogens is 3. The number of nitrogens with zero attached hydrogens (tertiary/aromatic N) is 5. The van der Waals surface area contributed by atoms with Crippen LogP contribution in [0.3, 0.4) is 0 Å². The lowest BCUT2D eigenvalue weighted by atomic mass is 10.1. The summed E-state index contributed by atoms with van der Waals surface area (Å²) < 4.78 is 6.86. The maximum atomic E-state index is 12.9. The Morgan fingerprint density at radius 1 is 1.12 bits per heavy atom. The molecule has 0 aliphatic carbocycles. The van der Waals surface area contributed by atoms with E-state index in [1.165, 1.54) is 10.9 Å². The first-order valence-electron chi connectivity index (χ1n) is 10.9. The number of anilines is 2. The third-order valence-corrected chi connectivity index (χ3v) is 6.35. The molecule has 9 heteroatoms. The van der Waals surface area contributed by atoms with Crippen molar-refractivity contribution in [2.24, 2.45) is 7.05 Å². The molecule has 1 unspecified atom stereocenters. The van der Waals surface area contributed by atoms with Crippen LogP contribution in [0.15, 0.2) is 41.5 Å². The number of β-amino-alcohol motifs (C(OH)–C–C–N with tert-alkyl or cyclic N) is 1. The lowest BCUT2D eigenvalue weighted by Crippen LogP contribution is -2.37. The molecule has 0 saturated carbocycles. The van der Waals surface area contributed by atoms with Crippen molar-refractivity contribution < 1.29 is 14.9 Å². The van der Waals surface area contributed by atoms with E-state index >= 15 is 0 Å². The Labute approximate surface area is 185 Å². The van der Waals surface area contributed by atoms with Crippen molar-refractivity contribution in [1.82, 2.24) is 14.5 Å². The predicted octanol–water partition coefficient (Wildman–Crippen LogP) is 0.766. The fourth-order valence-corrected chi connectivity index (χ4v) is 4.41. The molecule has 0 bridgehead atoms. The summed E-state index contributed by atoms with van der Waals surface area (Å²) in [7, 11) is 1.66. The second-order valence-electron chi connectivity index (χ2n) is 8.59. The fraction of sp³-hybridized carbons (Fsp3) is 0.435. The number of benzene rings is 1. The lowest BCUT2D eigenvalue weighted by Gasteiger charge is -2.29. The second kappa shape index (κ2) is 8.16. The van der Waals surface area contributed by atoms with E-state index in [-0.39, 0.29) is 18.7 Å². The molecule has 2 aliphatic heterocycles. The molecule has 32 heavy (non-hydrogen) atoms. The number of hydrogen-bond donors (Lipinski definition) is 2. The summed E-state index contributed by atoms with van der Waals surface area (Å²) in [6.45, 7) is 3.57. The van der Waals surface area contributed by atoms with Crippen LogP contribution in [-0.2, 0) is 11.8 Å². The summed E-state index contributed by atoms with van der Waals surface area (Å²) in [6.07, 6.45) is 1.92. The number of aliphatic hydroxyl groups excluding tert-OH is 1. The van der Waals surface area contributed by atoms with Crippen LogP contribution in [0.4, 0.5) is 11.5 Å². The van der Waals surface area contributed by atoms with Crippen LogP contribution in [0, 0.1) is 0 Å². The van der Waals surface area contributed by atoms with E-state index in [0.717, 1.165) is 37.6 Å². The molecule has 2 N–H and O–H groups in total. The van der Waals surface area contributed by atoms with Gasteiger partial charge >= 0.3 is 0 Å². The van der Waals surface area contributed by atoms with Gasteiger partial charge in [-0.15, -0.1) is 0 Å². The van der Waals surface area contributed by atoms with Crippen molar-refractivity contribution >= 4 is 22.4 Å². The molecule has 5 rings (SSSR count). The van der Waals surface area contributed by atoms with E-state index in [0.29, 0.717) is 35.4 Å². The van der Waals surface area contributed by atoms with Gasteiger partial charge in [0.05, 0.1) is 43.9 Å². The molecule has 2 aromatic heterocycles. The van der Waals surface area contributed by atoms with Crippen LogP contribution in [0.1, 0.15) is 6.42 Å². The average molecular weight is 438 g/mol. The molecule has 1 aromatic carbocycles. The Balaban J connectivity index is 1.57. The van der Waals surface area contributed by atoms with Crippen molar-refractivity contribution in [2.45, 2.75) is 12.0 Å². The van der Waals surface area contributed by atoms with E-state index in [1.54, 1.807) is 7.05 Å². The highest BCUT2D eigenvalue weighted by Crippen LogP contribution is 2.32. The molecular formula is C23H27N5O4. The lowest BCUT2D eigenvalue weighted by molar-refractivity contribution is 0.00474. The summed E-state index contributed by atoms with van der Waals surface area (Å²) in [4.78, 5) is 26.4. The van der Waals surface area contributed by atoms with E-state index < -0.39 is 5.60 Å². The minimum Gasteiger partial charge on any atom is -0.393 e. The quantitative estimate of drug-likeness (QED) is 0.617. The van der Waals surface area contributed by atoms with Gasteiger partial charge in [0.2, 0.25) is 0 Å². The van der Waals surface area contributed by atoms with Gasteiger partial charge in [-0.25, -0.2) is 9.97 Å². The Bertz CT molecular complexity index is 1190. The third-order valence-electron chi connectivity index (χ3n) is 6.35. The molecule has 168 valence electrons. The molecule has 0 spiro atoms. The van der Waals surface area contributed by atoms with Gasteiger partial charge in [0.1, 0.15) is 16.8 Å². The first kappa shape index (κ1) is 20.9. The third kappa shape index (κ3) is 3.72. The molecule has 3 aromatic rings. The van der Waals surface area contributed by atoms with Gasteiger partial charge in [0, 0.05) is 37.9 Å². The summed E-state index contributed by atoms with van der Waals surface area (Å²) in [5, 5.41) is 20.5. The summed E-state index contributed by atoms with van der Waals surface area (Å²) in [5.74, 6) is 0.493. The highest BCUT2D eigenvalue weighted by molar-refractivity contribution is 5.92. The maximum absolute atomic E-state index is 12.9. The van der Waals surface area contributed by atoms with Crippen LogP contribution in [0.2, 0.25) is 0 Å². The number of aliphatic hydroxyl groups is 2. The first-order valence-corrected chi connectivity index (χ1v) is 10.9. The van der Waals surface area contributed by atoms with Crippen LogP contribution >= 0.6 is 0 Å². The van der Waals surface area contributed by atoms with Gasteiger partial charge in [-0.3, -0.25) is 4.79 Å². The zero-order chi connectivity index (χ0) is 22.3. The zero-order valence-electron chi connectivity index (χ0n) is 18.1. The van der Waals surface area contributed by atoms with Crippen molar-refractivity contribution in [3.05, 3.63) is 47.0 Å². The number of morpholine rings is 1. The summed E-state index contributed by atoms with van der Waals surface area (Å²) >= 11 is 0. The number of pyridine rings is 1. The van der Waals surface area contributed by atoms with Gasteiger partial charge in [-0.05, 0) is 24.6 Å². The summed E-state index contributed by atoms with van der Waals surface area (Å²) in [6, 6.07) is 10.0. The predicted molar refractivity (Wildman–Crippen MR) is 122 cm³/mol. The largest absolute Gasteiger partial charge is 0.393 e. The monoisotopic (exact) mass is 437 g/mol. The first-order chi connectivity index (χ1) is 15.5. The molecule has 4 heterocycles. The molecule has 9 nitrogen and oxygen atoms in total. The van der Waals surface area contributed by atoms with Crippen molar-refractivity contribution in [3.8, 4) is 11.3 Å². The van der Waals surface area contributed by atoms with Crippen molar-refractivity contribution in [3.63, 3.8) is 0 Å². The van der Waals surface area contributed by atoms with E-state index in [4.69, 9.17) is 9.72 Å². The van der Waals surface area contributed by atoms with Gasteiger partial charge < -0.3 is 29.3 Å². The second-order valence-corrected chi connectivity index (χ2v) is 8.59. The van der Waals surface area contributed by atoms with Crippen LogP contribution < -0.4 is 15.4 Å². The topological polar surface area (TPSA) is 104 Å². The minimum atomic E-state index is -1.20. The van der Waals surface area contributed by atoms with Crippen molar-refractivity contribution in [1.29, 1.82) is 0 Å². The minimum absolute atomic E-state index is 0.189. The Morgan fingerprint density at radius 3 is 2.56 bits per heavy atom. The number of fused-ring (bicyclic) bond motifs is 1. The van der Waals surface area contributed by atoms with Crippen LogP contribution in [0.25, 0.3) is 22.2 Å². The normalized spacial score (nSPS) is 21.5. The van der Waals surface area contributed by atoms with Gasteiger partial charge in [-0.1, -0.05) is 12.1 Å². The Hall–Kier alpha value is -3.01. The van der Waals surface area contributed by atoms with E-state index in [9.17, 15) is 15.0 Å². The molecule has 0 amide bonds.